The number of carbonyl (C=O) groups is 1. The zero-order valence-corrected chi connectivity index (χ0v) is 8.57. The molecule has 0 spiro atoms. The number of terminal acetylenes is 1. The molecule has 1 unspecified atom stereocenters. The average molecular weight is 195 g/mol. The Morgan fingerprint density at radius 3 is 2.50 bits per heavy atom. The van der Waals surface area contributed by atoms with Crippen LogP contribution in [0.15, 0.2) is 0 Å². The molecule has 78 valence electrons. The molecule has 1 aliphatic heterocycles. The van der Waals surface area contributed by atoms with E-state index in [0.29, 0.717) is 6.54 Å². The van der Waals surface area contributed by atoms with Gasteiger partial charge in [-0.15, -0.1) is 6.42 Å². The molecule has 1 amide bonds. The maximum absolute atomic E-state index is 11.5. The highest BCUT2D eigenvalue weighted by Crippen LogP contribution is 2.02. The molecule has 1 aliphatic rings. The van der Waals surface area contributed by atoms with Crippen LogP contribution in [0.5, 0.6) is 0 Å². The predicted octanol–water partition coefficient (Wildman–Crippen LogP) is -0.889. The largest absolute Gasteiger partial charge is 0.339 e. The number of hydrogen-bond donors (Lipinski definition) is 1. The van der Waals surface area contributed by atoms with Crippen LogP contribution in [0.25, 0.3) is 0 Å². The molecule has 1 saturated heterocycles. The lowest BCUT2D eigenvalue weighted by molar-refractivity contribution is -0.133. The lowest BCUT2D eigenvalue weighted by Crippen LogP contribution is -2.52. The van der Waals surface area contributed by atoms with E-state index in [0.717, 1.165) is 26.2 Å². The first kappa shape index (κ1) is 11.0. The number of rotatable bonds is 2. The molecular formula is C10H17N3O. The first-order valence-corrected chi connectivity index (χ1v) is 4.85. The summed E-state index contributed by atoms with van der Waals surface area (Å²) in [5, 5.41) is 0. The van der Waals surface area contributed by atoms with Crippen molar-refractivity contribution >= 4 is 5.91 Å². The van der Waals surface area contributed by atoms with Crippen LogP contribution in [-0.2, 0) is 4.79 Å². The Morgan fingerprint density at radius 2 is 2.07 bits per heavy atom. The van der Waals surface area contributed by atoms with E-state index in [1.165, 1.54) is 0 Å². The third kappa shape index (κ3) is 2.72. The van der Waals surface area contributed by atoms with Crippen molar-refractivity contribution in [2.75, 3.05) is 32.7 Å². The summed E-state index contributed by atoms with van der Waals surface area (Å²) < 4.78 is 0. The maximum atomic E-state index is 11.5. The van der Waals surface area contributed by atoms with Crippen LogP contribution in [0.1, 0.15) is 6.92 Å². The van der Waals surface area contributed by atoms with E-state index >= 15 is 0 Å². The standard InChI is InChI=1S/C10H17N3O/c1-3-4-12-5-7-13(8-6-12)10(14)9(2)11/h1,9H,4-8,11H2,2H3. The minimum absolute atomic E-state index is 0.0327. The molecular weight excluding hydrogens is 178 g/mol. The van der Waals surface area contributed by atoms with Crippen molar-refractivity contribution in [3.8, 4) is 12.3 Å². The van der Waals surface area contributed by atoms with Crippen LogP contribution in [0.2, 0.25) is 0 Å². The van der Waals surface area contributed by atoms with Crippen LogP contribution in [0.4, 0.5) is 0 Å². The van der Waals surface area contributed by atoms with Crippen molar-refractivity contribution in [1.82, 2.24) is 9.80 Å². The number of nitrogens with two attached hydrogens (primary N) is 1. The van der Waals surface area contributed by atoms with Gasteiger partial charge in [0.1, 0.15) is 0 Å². The molecule has 2 N–H and O–H groups in total. The highest BCUT2D eigenvalue weighted by Gasteiger charge is 2.22. The quantitative estimate of drug-likeness (QED) is 0.582. The Labute approximate surface area is 85.0 Å². The summed E-state index contributed by atoms with van der Waals surface area (Å²) in [4.78, 5) is 15.5. The van der Waals surface area contributed by atoms with Gasteiger partial charge in [-0.3, -0.25) is 9.69 Å². The third-order valence-electron chi connectivity index (χ3n) is 2.39. The molecule has 0 radical (unpaired) electrons. The van der Waals surface area contributed by atoms with Gasteiger partial charge in [-0.05, 0) is 6.92 Å². The van der Waals surface area contributed by atoms with Gasteiger partial charge in [0.2, 0.25) is 5.91 Å². The Morgan fingerprint density at radius 1 is 1.50 bits per heavy atom. The smallest absolute Gasteiger partial charge is 0.239 e. The molecule has 1 fully saturated rings. The summed E-state index contributed by atoms with van der Waals surface area (Å²) in [7, 11) is 0. The minimum Gasteiger partial charge on any atom is -0.339 e. The summed E-state index contributed by atoms with van der Waals surface area (Å²) in [6.45, 7) is 5.56. The molecule has 1 atom stereocenters. The fraction of sp³-hybridized carbons (Fsp3) is 0.700. The molecule has 14 heavy (non-hydrogen) atoms. The minimum atomic E-state index is -0.394. The fourth-order valence-electron chi connectivity index (χ4n) is 1.54. The van der Waals surface area contributed by atoms with Gasteiger partial charge in [-0.25, -0.2) is 0 Å². The number of amides is 1. The first-order chi connectivity index (χ1) is 6.65. The second kappa shape index (κ2) is 4.99. The Kier molecular flexibility index (Phi) is 3.93. The van der Waals surface area contributed by atoms with Gasteiger partial charge in [0.15, 0.2) is 0 Å². The van der Waals surface area contributed by atoms with Gasteiger partial charge in [0.25, 0.3) is 0 Å². The summed E-state index contributed by atoms with van der Waals surface area (Å²) in [6, 6.07) is -0.394. The summed E-state index contributed by atoms with van der Waals surface area (Å²) >= 11 is 0. The highest BCUT2D eigenvalue weighted by molar-refractivity contribution is 5.81. The highest BCUT2D eigenvalue weighted by atomic mass is 16.2. The number of nitrogens with zero attached hydrogens (tertiary/aromatic N) is 2. The number of hydrogen-bond acceptors (Lipinski definition) is 3. The summed E-state index contributed by atoms with van der Waals surface area (Å²) in [6.07, 6.45) is 5.21. The molecule has 4 nitrogen and oxygen atoms in total. The summed E-state index contributed by atoms with van der Waals surface area (Å²) in [5.74, 6) is 2.63. The first-order valence-electron chi connectivity index (χ1n) is 4.85. The number of piperazine rings is 1. The average Bonchev–Trinajstić information content (AvgIpc) is 2.18. The van der Waals surface area contributed by atoms with E-state index in [1.54, 1.807) is 11.8 Å². The molecule has 0 aromatic heterocycles. The topological polar surface area (TPSA) is 49.6 Å². The van der Waals surface area contributed by atoms with E-state index in [1.807, 2.05) is 0 Å². The molecule has 0 aromatic carbocycles. The Balaban J connectivity index is 2.36. The monoisotopic (exact) mass is 195 g/mol. The van der Waals surface area contributed by atoms with Crippen LogP contribution in [-0.4, -0.2) is 54.5 Å². The van der Waals surface area contributed by atoms with Crippen molar-refractivity contribution in [1.29, 1.82) is 0 Å². The molecule has 0 bridgehead atoms. The van der Waals surface area contributed by atoms with Crippen LogP contribution in [0, 0.1) is 12.3 Å². The lowest BCUT2D eigenvalue weighted by Gasteiger charge is -2.34. The van der Waals surface area contributed by atoms with Gasteiger partial charge in [0, 0.05) is 26.2 Å². The normalized spacial score (nSPS) is 20.2. The van der Waals surface area contributed by atoms with E-state index in [2.05, 4.69) is 10.8 Å². The fourth-order valence-corrected chi connectivity index (χ4v) is 1.54. The molecule has 0 saturated carbocycles. The van der Waals surface area contributed by atoms with Crippen molar-refractivity contribution < 1.29 is 4.79 Å². The maximum Gasteiger partial charge on any atom is 0.239 e. The SMILES string of the molecule is C#CCN1CCN(C(=O)C(C)N)CC1. The zero-order valence-electron chi connectivity index (χ0n) is 8.57. The van der Waals surface area contributed by atoms with E-state index in [9.17, 15) is 4.79 Å². The Bertz CT molecular complexity index is 236. The predicted molar refractivity (Wildman–Crippen MR) is 55.5 cm³/mol. The zero-order chi connectivity index (χ0) is 10.6. The van der Waals surface area contributed by atoms with E-state index < -0.39 is 6.04 Å². The third-order valence-corrected chi connectivity index (χ3v) is 2.39. The van der Waals surface area contributed by atoms with Gasteiger partial charge in [0.05, 0.1) is 12.6 Å². The molecule has 1 heterocycles. The van der Waals surface area contributed by atoms with Crippen LogP contribution >= 0.6 is 0 Å². The summed E-state index contributed by atoms with van der Waals surface area (Å²) in [5.41, 5.74) is 5.52. The van der Waals surface area contributed by atoms with Crippen molar-refractivity contribution in [3.05, 3.63) is 0 Å². The van der Waals surface area contributed by atoms with Gasteiger partial charge in [-0.2, -0.15) is 0 Å². The molecule has 0 aromatic rings. The van der Waals surface area contributed by atoms with Gasteiger partial charge < -0.3 is 10.6 Å². The van der Waals surface area contributed by atoms with Crippen LogP contribution in [0.3, 0.4) is 0 Å². The van der Waals surface area contributed by atoms with E-state index in [-0.39, 0.29) is 5.91 Å². The van der Waals surface area contributed by atoms with E-state index in [4.69, 9.17) is 12.2 Å². The Hall–Kier alpha value is -1.05. The number of carbonyl (C=O) groups excluding carboxylic acids is 1. The van der Waals surface area contributed by atoms with Crippen molar-refractivity contribution in [2.45, 2.75) is 13.0 Å². The second-order valence-corrected chi connectivity index (χ2v) is 3.59. The lowest BCUT2D eigenvalue weighted by atomic mass is 10.2. The molecule has 1 rings (SSSR count). The van der Waals surface area contributed by atoms with Crippen LogP contribution < -0.4 is 5.73 Å². The van der Waals surface area contributed by atoms with Gasteiger partial charge in [-0.1, -0.05) is 5.92 Å². The van der Waals surface area contributed by atoms with Crippen molar-refractivity contribution in [3.63, 3.8) is 0 Å². The van der Waals surface area contributed by atoms with Crippen molar-refractivity contribution in [2.24, 2.45) is 5.73 Å². The molecule has 0 aliphatic carbocycles. The second-order valence-electron chi connectivity index (χ2n) is 3.59. The molecule has 4 heteroatoms. The van der Waals surface area contributed by atoms with Gasteiger partial charge >= 0.3 is 0 Å².